The highest BCUT2D eigenvalue weighted by atomic mass is 16.2. The van der Waals surface area contributed by atoms with Gasteiger partial charge in [-0.3, -0.25) is 4.79 Å². The highest BCUT2D eigenvalue weighted by Crippen LogP contribution is 2.10. The Morgan fingerprint density at radius 3 is 2.80 bits per heavy atom. The number of hydrogen-bond acceptors (Lipinski definition) is 2. The predicted molar refractivity (Wildman–Crippen MR) is 82.9 cm³/mol. The second-order valence-corrected chi connectivity index (χ2v) is 5.39. The van der Waals surface area contributed by atoms with Crippen molar-refractivity contribution < 1.29 is 4.79 Å². The standard InChI is InChI=1S/C17H24N2O/c1-14(2)9-10-17(20)19(3)13-16-7-4-6-15(12-16)8-5-11-18/h4,6-7,12,14H,9-11,13,18H2,1-3H3. The highest BCUT2D eigenvalue weighted by molar-refractivity contribution is 5.75. The third kappa shape index (κ3) is 5.90. The molecule has 0 aliphatic rings. The van der Waals surface area contributed by atoms with Gasteiger partial charge in [0.1, 0.15) is 0 Å². The Balaban J connectivity index is 2.61. The van der Waals surface area contributed by atoms with E-state index in [-0.39, 0.29) is 5.91 Å². The minimum Gasteiger partial charge on any atom is -0.341 e. The molecular weight excluding hydrogens is 248 g/mol. The minimum atomic E-state index is 0.192. The molecule has 20 heavy (non-hydrogen) atoms. The van der Waals surface area contributed by atoms with Crippen LogP contribution < -0.4 is 5.73 Å². The molecule has 0 saturated carbocycles. The maximum atomic E-state index is 12.0. The van der Waals surface area contributed by atoms with Crippen molar-refractivity contribution in [2.75, 3.05) is 13.6 Å². The van der Waals surface area contributed by atoms with Crippen molar-refractivity contribution in [3.63, 3.8) is 0 Å². The van der Waals surface area contributed by atoms with Gasteiger partial charge in [-0.2, -0.15) is 0 Å². The number of benzene rings is 1. The molecule has 0 atom stereocenters. The summed E-state index contributed by atoms with van der Waals surface area (Å²) in [7, 11) is 1.85. The number of amides is 1. The van der Waals surface area contributed by atoms with Crippen molar-refractivity contribution in [3.8, 4) is 11.8 Å². The Morgan fingerprint density at radius 2 is 2.15 bits per heavy atom. The minimum absolute atomic E-state index is 0.192. The average molecular weight is 272 g/mol. The van der Waals surface area contributed by atoms with Crippen LogP contribution in [0, 0.1) is 17.8 Å². The molecule has 0 radical (unpaired) electrons. The van der Waals surface area contributed by atoms with Crippen molar-refractivity contribution in [3.05, 3.63) is 35.4 Å². The van der Waals surface area contributed by atoms with Gasteiger partial charge in [-0.1, -0.05) is 37.8 Å². The summed E-state index contributed by atoms with van der Waals surface area (Å²) in [6.07, 6.45) is 1.55. The first kappa shape index (κ1) is 16.3. The van der Waals surface area contributed by atoms with Crippen LogP contribution in [0.3, 0.4) is 0 Å². The van der Waals surface area contributed by atoms with Gasteiger partial charge < -0.3 is 10.6 Å². The zero-order valence-corrected chi connectivity index (χ0v) is 12.6. The number of carbonyl (C=O) groups is 1. The second kappa shape index (κ2) is 8.39. The molecule has 0 fully saturated rings. The van der Waals surface area contributed by atoms with Gasteiger partial charge in [0, 0.05) is 25.6 Å². The molecule has 0 unspecified atom stereocenters. The fourth-order valence-corrected chi connectivity index (χ4v) is 1.87. The third-order valence-electron chi connectivity index (χ3n) is 3.04. The summed E-state index contributed by atoms with van der Waals surface area (Å²) < 4.78 is 0. The molecular formula is C17H24N2O. The summed E-state index contributed by atoms with van der Waals surface area (Å²) in [5, 5.41) is 0. The van der Waals surface area contributed by atoms with Crippen LogP contribution in [0.4, 0.5) is 0 Å². The molecule has 108 valence electrons. The number of carbonyl (C=O) groups excluding carboxylic acids is 1. The smallest absolute Gasteiger partial charge is 0.222 e. The maximum absolute atomic E-state index is 12.0. The topological polar surface area (TPSA) is 46.3 Å². The lowest BCUT2D eigenvalue weighted by atomic mass is 10.1. The molecule has 0 aliphatic carbocycles. The van der Waals surface area contributed by atoms with E-state index in [1.807, 2.05) is 31.3 Å². The summed E-state index contributed by atoms with van der Waals surface area (Å²) in [5.74, 6) is 6.60. The van der Waals surface area contributed by atoms with Crippen molar-refractivity contribution in [2.24, 2.45) is 11.7 Å². The van der Waals surface area contributed by atoms with Crippen molar-refractivity contribution in [2.45, 2.75) is 33.2 Å². The van der Waals surface area contributed by atoms with Crippen molar-refractivity contribution >= 4 is 5.91 Å². The van der Waals surface area contributed by atoms with Gasteiger partial charge in [0.25, 0.3) is 0 Å². The van der Waals surface area contributed by atoms with Crippen molar-refractivity contribution in [1.29, 1.82) is 0 Å². The molecule has 0 bridgehead atoms. The molecule has 1 aromatic rings. The normalized spacial score (nSPS) is 10.1. The summed E-state index contributed by atoms with van der Waals surface area (Å²) in [6.45, 7) is 5.24. The van der Waals surface area contributed by atoms with Gasteiger partial charge in [0.2, 0.25) is 5.91 Å². The number of nitrogens with two attached hydrogens (primary N) is 1. The number of nitrogens with zero attached hydrogens (tertiary/aromatic N) is 1. The maximum Gasteiger partial charge on any atom is 0.222 e. The largest absolute Gasteiger partial charge is 0.341 e. The van der Waals surface area contributed by atoms with Crippen LogP contribution in [0.1, 0.15) is 37.8 Å². The van der Waals surface area contributed by atoms with Crippen LogP contribution in [0.15, 0.2) is 24.3 Å². The Hall–Kier alpha value is -1.79. The summed E-state index contributed by atoms with van der Waals surface area (Å²) in [6, 6.07) is 7.93. The van der Waals surface area contributed by atoms with E-state index >= 15 is 0 Å². The molecule has 1 rings (SSSR count). The third-order valence-corrected chi connectivity index (χ3v) is 3.04. The van der Waals surface area contributed by atoms with Crippen LogP contribution in [0.5, 0.6) is 0 Å². The SMILES string of the molecule is CC(C)CCC(=O)N(C)Cc1cccc(C#CCN)c1. The van der Waals surface area contributed by atoms with E-state index in [4.69, 9.17) is 5.73 Å². The first-order valence-corrected chi connectivity index (χ1v) is 7.04. The van der Waals surface area contributed by atoms with Gasteiger partial charge in [0.05, 0.1) is 6.54 Å². The summed E-state index contributed by atoms with van der Waals surface area (Å²) in [5.41, 5.74) is 7.40. The molecule has 3 nitrogen and oxygen atoms in total. The van der Waals surface area contributed by atoms with Crippen molar-refractivity contribution in [1.82, 2.24) is 4.90 Å². The lowest BCUT2D eigenvalue weighted by Gasteiger charge is -2.18. The zero-order valence-electron chi connectivity index (χ0n) is 12.6. The van der Waals surface area contributed by atoms with E-state index in [0.29, 0.717) is 25.4 Å². The van der Waals surface area contributed by atoms with Crippen LogP contribution >= 0.6 is 0 Å². The molecule has 1 amide bonds. The predicted octanol–water partition coefficient (Wildman–Crippen LogP) is 2.39. The fourth-order valence-electron chi connectivity index (χ4n) is 1.87. The Kier molecular flexibility index (Phi) is 6.83. The van der Waals surface area contributed by atoms with Gasteiger partial charge in [-0.05, 0) is 30.0 Å². The monoisotopic (exact) mass is 272 g/mol. The van der Waals surface area contributed by atoms with Gasteiger partial charge >= 0.3 is 0 Å². The Morgan fingerprint density at radius 1 is 1.40 bits per heavy atom. The molecule has 0 aromatic heterocycles. The van der Waals surface area contributed by atoms with Crippen LogP contribution in [-0.2, 0) is 11.3 Å². The molecule has 0 heterocycles. The molecule has 2 N–H and O–H groups in total. The first-order chi connectivity index (χ1) is 9.52. The quantitative estimate of drug-likeness (QED) is 0.837. The van der Waals surface area contributed by atoms with Gasteiger partial charge in [-0.25, -0.2) is 0 Å². The number of rotatable bonds is 5. The van der Waals surface area contributed by atoms with E-state index < -0.39 is 0 Å². The summed E-state index contributed by atoms with van der Waals surface area (Å²) >= 11 is 0. The fraction of sp³-hybridized carbons (Fsp3) is 0.471. The van der Waals surface area contributed by atoms with E-state index in [9.17, 15) is 4.79 Å². The lowest BCUT2D eigenvalue weighted by molar-refractivity contribution is -0.130. The molecule has 3 heteroatoms. The highest BCUT2D eigenvalue weighted by Gasteiger charge is 2.10. The van der Waals surface area contributed by atoms with Crippen LogP contribution in [0.2, 0.25) is 0 Å². The summed E-state index contributed by atoms with van der Waals surface area (Å²) in [4.78, 5) is 13.8. The molecule has 0 aliphatic heterocycles. The first-order valence-electron chi connectivity index (χ1n) is 7.04. The Labute approximate surface area is 122 Å². The average Bonchev–Trinajstić information content (AvgIpc) is 2.42. The number of hydrogen-bond donors (Lipinski definition) is 1. The van der Waals surface area contributed by atoms with E-state index in [0.717, 1.165) is 17.5 Å². The van der Waals surface area contributed by atoms with E-state index in [1.54, 1.807) is 4.90 Å². The second-order valence-electron chi connectivity index (χ2n) is 5.39. The molecule has 0 saturated heterocycles. The van der Waals surface area contributed by atoms with Crippen LogP contribution in [-0.4, -0.2) is 24.4 Å². The van der Waals surface area contributed by atoms with E-state index in [1.165, 1.54) is 0 Å². The van der Waals surface area contributed by atoms with Crippen LogP contribution in [0.25, 0.3) is 0 Å². The molecule has 1 aromatic carbocycles. The van der Waals surface area contributed by atoms with Gasteiger partial charge in [-0.15, -0.1) is 0 Å². The molecule has 0 spiro atoms. The zero-order chi connectivity index (χ0) is 15.0. The lowest BCUT2D eigenvalue weighted by Crippen LogP contribution is -2.26. The van der Waals surface area contributed by atoms with E-state index in [2.05, 4.69) is 25.7 Å². The van der Waals surface area contributed by atoms with Gasteiger partial charge in [0.15, 0.2) is 0 Å². The Bertz CT molecular complexity index is 497.